The van der Waals surface area contributed by atoms with E-state index in [-0.39, 0.29) is 79.6 Å². The number of hydrogen-bond acceptors (Lipinski definition) is 16. The molecule has 2 amide bonds. The fourth-order valence-corrected chi connectivity index (χ4v) is 13.5. The maximum atomic E-state index is 15.4. The molecule has 10 aromatic rings. The first-order valence-corrected chi connectivity index (χ1v) is 33.6. The third kappa shape index (κ3) is 14.3. The van der Waals surface area contributed by atoms with E-state index in [2.05, 4.69) is 28.0 Å². The molecule has 0 unspecified atom stereocenters. The van der Waals surface area contributed by atoms with Crippen LogP contribution in [0.3, 0.4) is 0 Å². The molecule has 20 nitrogen and oxygen atoms in total. The van der Waals surface area contributed by atoms with Crippen LogP contribution in [0.2, 0.25) is 10.0 Å². The van der Waals surface area contributed by atoms with Crippen LogP contribution in [0.4, 0.5) is 32.1 Å². The maximum Gasteiger partial charge on any atom is 0.355 e. The third-order valence-electron chi connectivity index (χ3n) is 18.0. The number of nitrogens with zero attached hydrogens (tertiary/aromatic N) is 13. The van der Waals surface area contributed by atoms with Crippen LogP contribution in [-0.4, -0.2) is 126 Å². The van der Waals surface area contributed by atoms with E-state index >= 15 is 4.39 Å². The quantitative estimate of drug-likeness (QED) is 0.0839. The molecule has 24 heteroatoms. The molecular weight excluding hydrogens is 1310 g/mol. The van der Waals surface area contributed by atoms with E-state index in [1.54, 1.807) is 78.6 Å². The number of halogens is 4. The van der Waals surface area contributed by atoms with Crippen molar-refractivity contribution in [1.82, 2.24) is 48.8 Å². The Labute approximate surface area is 588 Å². The molecule has 0 spiro atoms. The highest BCUT2D eigenvalue weighted by Gasteiger charge is 2.34. The topological polar surface area (TPSA) is 216 Å². The number of aryl methyl sites for hydroxylation is 2. The monoisotopic (exact) mass is 1390 g/mol. The zero-order chi connectivity index (χ0) is 71.5. The molecule has 0 saturated carbocycles. The van der Waals surface area contributed by atoms with Crippen LogP contribution in [-0.2, 0) is 22.7 Å². The number of carbonyl (C=O) groups is 2. The van der Waals surface area contributed by atoms with Gasteiger partial charge in [-0.2, -0.15) is 9.97 Å². The van der Waals surface area contributed by atoms with E-state index in [9.17, 15) is 23.6 Å². The molecule has 8 heterocycles. The first kappa shape index (κ1) is 70.7. The van der Waals surface area contributed by atoms with Crippen molar-refractivity contribution in [3.63, 3.8) is 0 Å². The first-order valence-electron chi connectivity index (χ1n) is 32.8. The van der Waals surface area contributed by atoms with Gasteiger partial charge in [-0.1, -0.05) is 113 Å². The SMILES string of the molecule is C=CC(=O)N1CCN(c2nc(=O)n(-c3c(C)cc(N(Cc4ccc(OC)cc4)Cc4ccc(OC)cc4)nc3C(C)C)c3nc(-c4ccccc4F)c(Cl)cc23)[C@@H](C)C1.C=CC(=O)N1CCN(c2nc(=O)n(-c3c(C)cc(N)nc3C(C)C)c3nc(-c4ccccc4F)c(Cl)cc23)[C@@H](C)C1. The number of piperazine rings is 2. The summed E-state index contributed by atoms with van der Waals surface area (Å²) in [6, 6.07) is 35.0. The molecule has 0 aliphatic carbocycles. The van der Waals surface area contributed by atoms with Gasteiger partial charge in [0.25, 0.3) is 0 Å². The number of carbonyl (C=O) groups excluding carboxylic acids is 2. The maximum absolute atomic E-state index is 15.4. The molecule has 2 atom stereocenters. The number of nitrogen functional groups attached to an aromatic ring is 1. The van der Waals surface area contributed by atoms with Crippen molar-refractivity contribution in [3.05, 3.63) is 223 Å². The van der Waals surface area contributed by atoms with Gasteiger partial charge in [0.05, 0.1) is 69.2 Å². The Balaban J connectivity index is 0.000000215. The minimum absolute atomic E-state index is 0.0809. The third-order valence-corrected chi connectivity index (χ3v) is 18.6. The Bertz CT molecular complexity index is 4890. The smallest absolute Gasteiger partial charge is 0.355 e. The number of rotatable bonds is 17. The minimum Gasteiger partial charge on any atom is -0.497 e. The van der Waals surface area contributed by atoms with Crippen LogP contribution in [0.1, 0.15) is 87.0 Å². The van der Waals surface area contributed by atoms with Gasteiger partial charge >= 0.3 is 11.4 Å². The second-order valence-electron chi connectivity index (χ2n) is 25.5. The van der Waals surface area contributed by atoms with Crippen LogP contribution >= 0.6 is 23.2 Å². The normalized spacial score (nSPS) is 14.7. The van der Waals surface area contributed by atoms with Crippen LogP contribution < -0.4 is 41.3 Å². The van der Waals surface area contributed by atoms with E-state index in [0.717, 1.165) is 28.2 Å². The number of hydrogen-bond donors (Lipinski definition) is 1. The van der Waals surface area contributed by atoms with E-state index in [1.807, 2.05) is 120 Å². The Kier molecular flexibility index (Phi) is 21.1. The fraction of sp³-hybridized carbons (Fsp3) is 0.289. The van der Waals surface area contributed by atoms with Gasteiger partial charge in [0, 0.05) is 75.6 Å². The molecule has 100 heavy (non-hydrogen) atoms. The van der Waals surface area contributed by atoms with Gasteiger partial charge in [-0.05, 0) is 147 Å². The summed E-state index contributed by atoms with van der Waals surface area (Å²) < 4.78 is 44.1. The Morgan fingerprint density at radius 2 is 0.990 bits per heavy atom. The summed E-state index contributed by atoms with van der Waals surface area (Å²) >= 11 is 13.7. The Morgan fingerprint density at radius 1 is 0.590 bits per heavy atom. The highest BCUT2D eigenvalue weighted by molar-refractivity contribution is 6.34. The van der Waals surface area contributed by atoms with Crippen molar-refractivity contribution in [3.8, 4) is 45.4 Å². The highest BCUT2D eigenvalue weighted by Crippen LogP contribution is 2.40. The van der Waals surface area contributed by atoms with E-state index in [1.165, 1.54) is 33.4 Å². The molecule has 6 aromatic heterocycles. The average molecular weight is 1390 g/mol. The lowest BCUT2D eigenvalue weighted by molar-refractivity contribution is -0.127. The van der Waals surface area contributed by atoms with Crippen LogP contribution in [0.5, 0.6) is 11.5 Å². The molecule has 2 aliphatic heterocycles. The lowest BCUT2D eigenvalue weighted by atomic mass is 10.0. The van der Waals surface area contributed by atoms with Crippen LogP contribution in [0, 0.1) is 25.5 Å². The molecule has 2 fully saturated rings. The number of nitrogens with two attached hydrogens (primary N) is 1. The second kappa shape index (κ2) is 29.9. The predicted octanol–water partition coefficient (Wildman–Crippen LogP) is 13.4. The summed E-state index contributed by atoms with van der Waals surface area (Å²) in [5.41, 5.74) is 12.2. The van der Waals surface area contributed by atoms with Crippen LogP contribution in [0.15, 0.2) is 156 Å². The molecular formula is C76H78Cl2F2N14O6. The molecule has 0 radical (unpaired) electrons. The predicted molar refractivity (Wildman–Crippen MR) is 392 cm³/mol. The van der Waals surface area contributed by atoms with E-state index in [0.29, 0.717) is 115 Å². The zero-order valence-corrected chi connectivity index (χ0v) is 58.9. The molecule has 2 N–H and O–H groups in total. The van der Waals surface area contributed by atoms with Gasteiger partial charge in [-0.15, -0.1) is 0 Å². The van der Waals surface area contributed by atoms with Crippen molar-refractivity contribution >= 4 is 80.4 Å². The molecule has 516 valence electrons. The van der Waals surface area contributed by atoms with Crippen LogP contribution in [0.25, 0.3) is 56.0 Å². The van der Waals surface area contributed by atoms with Crippen molar-refractivity contribution in [1.29, 1.82) is 0 Å². The zero-order valence-electron chi connectivity index (χ0n) is 57.4. The summed E-state index contributed by atoms with van der Waals surface area (Å²) in [6.45, 7) is 26.5. The van der Waals surface area contributed by atoms with Gasteiger partial charge in [0.15, 0.2) is 11.3 Å². The first-order chi connectivity index (χ1) is 47.9. The van der Waals surface area contributed by atoms with Gasteiger partial charge in [0.2, 0.25) is 11.8 Å². The molecule has 0 bridgehead atoms. The number of aromatic nitrogens is 8. The van der Waals surface area contributed by atoms with E-state index < -0.39 is 23.0 Å². The van der Waals surface area contributed by atoms with Crippen molar-refractivity contribution in [2.75, 3.05) is 73.9 Å². The lowest BCUT2D eigenvalue weighted by Gasteiger charge is -2.40. The summed E-state index contributed by atoms with van der Waals surface area (Å²) in [5.74, 6) is 1.81. The number of pyridine rings is 4. The second-order valence-corrected chi connectivity index (χ2v) is 26.3. The standard InChI is InChI=1S/C46H47ClFN7O4.C30H31ClFN7O2/c1-8-40(56)52-21-22-54(30(5)25-52)44-36-24-37(47)42(35-11-9-10-12-38(35)48)50-45(36)55(46(57)51-44)43-29(4)23-39(49-41(43)28(2)3)53(26-31-13-17-33(58-6)18-14-31)27-32-15-19-34(59-7)20-16-32;1-6-24(40)37-11-12-38(18(5)15-37)28-20-14-21(31)26(19-9-7-8-10-22(19)32)35-29(20)39(30(41)36-28)27-17(4)13-23(33)34-25(27)16(2)3/h8-20,23-24,28,30H,1,21-22,25-27H2,2-7H3;6-10,13-14,16,18H,1,11-12,15H2,2-5H3,(H2,33,34)/t30-;18-/m00/s1. The molecule has 12 rings (SSSR count). The summed E-state index contributed by atoms with van der Waals surface area (Å²) in [4.78, 5) is 92.0. The van der Waals surface area contributed by atoms with Crippen molar-refractivity contribution in [2.24, 2.45) is 0 Å². The number of amides is 2. The number of methoxy groups -OCH3 is 2. The van der Waals surface area contributed by atoms with E-state index in [4.69, 9.17) is 58.3 Å². The van der Waals surface area contributed by atoms with Gasteiger partial charge in [-0.25, -0.2) is 47.4 Å². The highest BCUT2D eigenvalue weighted by atomic mass is 35.5. The number of anilines is 4. The largest absolute Gasteiger partial charge is 0.497 e. The van der Waals surface area contributed by atoms with Crippen molar-refractivity contribution in [2.45, 2.75) is 92.4 Å². The minimum atomic E-state index is -0.577. The summed E-state index contributed by atoms with van der Waals surface area (Å²) in [5, 5.41) is 1.42. The van der Waals surface area contributed by atoms with Gasteiger partial charge in [-0.3, -0.25) is 9.59 Å². The summed E-state index contributed by atoms with van der Waals surface area (Å²) in [7, 11) is 3.29. The number of ether oxygens (including phenoxy) is 2. The molecule has 2 aliphatic rings. The average Bonchev–Trinajstić information content (AvgIpc) is 0.739. The fourth-order valence-electron chi connectivity index (χ4n) is 13.0. The Morgan fingerprint density at radius 3 is 1.37 bits per heavy atom. The van der Waals surface area contributed by atoms with Crippen molar-refractivity contribution < 1.29 is 27.8 Å². The number of fused-ring (bicyclic) bond motifs is 2. The van der Waals surface area contributed by atoms with Gasteiger partial charge in [0.1, 0.15) is 46.4 Å². The van der Waals surface area contributed by atoms with Gasteiger partial charge < -0.3 is 39.7 Å². The summed E-state index contributed by atoms with van der Waals surface area (Å²) in [6.07, 6.45) is 2.59. The molecule has 2 saturated heterocycles. The Hall–Kier alpha value is -10.6. The number of benzene rings is 4. The molecule has 4 aromatic carbocycles. The lowest BCUT2D eigenvalue weighted by Crippen LogP contribution is -2.54.